The highest BCUT2D eigenvalue weighted by molar-refractivity contribution is 8.00. The largest absolute Gasteiger partial charge is 0.490 e. The van der Waals surface area contributed by atoms with E-state index in [4.69, 9.17) is 15.3 Å². The van der Waals surface area contributed by atoms with Gasteiger partial charge < -0.3 is 25.7 Å². The number of hydrogen-bond donors (Lipinski definition) is 3. The minimum absolute atomic E-state index is 0.0358. The zero-order chi connectivity index (χ0) is 24.2. The van der Waals surface area contributed by atoms with Gasteiger partial charge in [-0.1, -0.05) is 5.16 Å². The van der Waals surface area contributed by atoms with Crippen molar-refractivity contribution in [3.8, 4) is 0 Å². The molecular formula is C19H19N7O6S2. The van der Waals surface area contributed by atoms with Gasteiger partial charge in [0.1, 0.15) is 30.4 Å². The molecule has 0 saturated carbocycles. The summed E-state index contributed by atoms with van der Waals surface area (Å²) < 4.78 is 9.67. The van der Waals surface area contributed by atoms with Crippen LogP contribution in [0.1, 0.15) is 18.3 Å². The number of nitrogen functional groups attached to an aromatic ring is 1. The lowest BCUT2D eigenvalue weighted by Gasteiger charge is -2.48. The maximum Gasteiger partial charge on any atom is 0.356 e. The second kappa shape index (κ2) is 10.0. The lowest BCUT2D eigenvalue weighted by Crippen LogP contribution is -2.71. The molecule has 0 aliphatic carbocycles. The first kappa shape index (κ1) is 23.4. The summed E-state index contributed by atoms with van der Waals surface area (Å²) in [5.74, 6) is -2.29. The molecule has 178 valence electrons. The molecule has 2 aromatic rings. The Labute approximate surface area is 201 Å². The summed E-state index contributed by atoms with van der Waals surface area (Å²) in [4.78, 5) is 51.6. The molecule has 13 nitrogen and oxygen atoms in total. The highest BCUT2D eigenvalue weighted by Gasteiger charge is 2.55. The third kappa shape index (κ3) is 4.65. The first-order valence-corrected chi connectivity index (χ1v) is 11.8. The fourth-order valence-electron chi connectivity index (χ4n) is 3.20. The Balaban J connectivity index is 1.49. The molecule has 1 saturated heterocycles. The van der Waals surface area contributed by atoms with Crippen LogP contribution < -0.4 is 11.1 Å². The number of oxime groups is 1. The van der Waals surface area contributed by atoms with Crippen LogP contribution in [0.5, 0.6) is 0 Å². The molecule has 15 heteroatoms. The van der Waals surface area contributed by atoms with Crippen LogP contribution in [0.15, 0.2) is 41.1 Å². The number of aliphatic carboxylic acids is 1. The van der Waals surface area contributed by atoms with Gasteiger partial charge in [0, 0.05) is 23.9 Å². The number of nitrogens with zero attached hydrogens (tertiary/aromatic N) is 5. The Morgan fingerprint density at radius 3 is 2.79 bits per heavy atom. The molecule has 2 atom stereocenters. The maximum absolute atomic E-state index is 12.9. The van der Waals surface area contributed by atoms with E-state index in [2.05, 4.69) is 24.8 Å². The Bertz CT molecular complexity index is 1170. The van der Waals surface area contributed by atoms with Gasteiger partial charge in [0.15, 0.2) is 10.8 Å². The van der Waals surface area contributed by atoms with Gasteiger partial charge in [-0.3, -0.25) is 19.5 Å². The number of aromatic nitrogens is 3. The van der Waals surface area contributed by atoms with E-state index in [9.17, 15) is 19.5 Å². The van der Waals surface area contributed by atoms with E-state index in [1.165, 1.54) is 11.8 Å². The number of nitrogens with one attached hydrogen (secondary N) is 1. The highest BCUT2D eigenvalue weighted by Crippen LogP contribution is 2.40. The third-order valence-corrected chi connectivity index (χ3v) is 6.53. The second-order valence-electron chi connectivity index (χ2n) is 6.90. The zero-order valence-corrected chi connectivity index (χ0v) is 19.3. The van der Waals surface area contributed by atoms with E-state index < -0.39 is 29.2 Å². The molecule has 0 aromatic carbocycles. The van der Waals surface area contributed by atoms with Crippen molar-refractivity contribution in [3.63, 3.8) is 0 Å². The fourth-order valence-corrected chi connectivity index (χ4v) is 4.92. The minimum atomic E-state index is -1.30. The summed E-state index contributed by atoms with van der Waals surface area (Å²) in [6.45, 7) is 2.01. The number of rotatable bonds is 9. The number of carboxylic acids is 1. The van der Waals surface area contributed by atoms with E-state index in [1.54, 1.807) is 31.5 Å². The number of β-lactam (4-membered cyclic amide) rings is 1. The topological polar surface area (TPSA) is 182 Å². The van der Waals surface area contributed by atoms with Crippen molar-refractivity contribution in [3.05, 3.63) is 47.4 Å². The number of hydrogen-bond acceptors (Lipinski definition) is 12. The van der Waals surface area contributed by atoms with Crippen LogP contribution in [-0.4, -0.2) is 71.6 Å². The molecule has 4 N–H and O–H groups in total. The van der Waals surface area contributed by atoms with Gasteiger partial charge in [-0.15, -0.1) is 11.8 Å². The van der Waals surface area contributed by atoms with Crippen molar-refractivity contribution in [2.45, 2.75) is 24.9 Å². The van der Waals surface area contributed by atoms with E-state index in [0.29, 0.717) is 0 Å². The Morgan fingerprint density at radius 1 is 1.38 bits per heavy atom. The zero-order valence-electron chi connectivity index (χ0n) is 17.7. The normalized spacial score (nSPS) is 19.9. The Morgan fingerprint density at radius 2 is 2.15 bits per heavy atom. The molecule has 2 aliphatic heterocycles. The lowest BCUT2D eigenvalue weighted by atomic mass is 10.0. The van der Waals surface area contributed by atoms with Crippen LogP contribution in [-0.2, 0) is 30.6 Å². The molecule has 4 rings (SSSR count). The standard InChI is InChI=1S/C19H19N7O6S2/c1-2-32-24-11(14-23-19(20)34-25-14)15(27)22-12-16(28)26-13(18(29)30)10(8-33-17(12)26)31-7-9-3-5-21-6-4-9/h3-6,12,17H,2,7-8H2,1H3,(H,22,27)(H,29,30)(H2,20,23,25)/b24-11-/t12-,17-/m1/s1. The maximum atomic E-state index is 12.9. The first-order chi connectivity index (χ1) is 16.4. The van der Waals surface area contributed by atoms with E-state index in [1.807, 2.05) is 0 Å². The number of pyridine rings is 1. The lowest BCUT2D eigenvalue weighted by molar-refractivity contribution is -0.150. The van der Waals surface area contributed by atoms with Gasteiger partial charge in [0.25, 0.3) is 11.8 Å². The Kier molecular flexibility index (Phi) is 6.93. The summed E-state index contributed by atoms with van der Waals surface area (Å²) in [5.41, 5.74) is 5.91. The van der Waals surface area contributed by atoms with Crippen molar-refractivity contribution < 1.29 is 29.1 Å². The second-order valence-corrected chi connectivity index (χ2v) is 8.78. The average molecular weight is 506 g/mol. The first-order valence-electron chi connectivity index (χ1n) is 9.93. The average Bonchev–Trinajstić information content (AvgIpc) is 3.27. The van der Waals surface area contributed by atoms with Crippen molar-refractivity contribution in [2.24, 2.45) is 5.16 Å². The molecule has 0 bridgehead atoms. The molecule has 34 heavy (non-hydrogen) atoms. The molecule has 2 aliphatic rings. The van der Waals surface area contributed by atoms with Crippen LogP contribution in [0.25, 0.3) is 0 Å². The van der Waals surface area contributed by atoms with E-state index >= 15 is 0 Å². The monoisotopic (exact) mass is 505 g/mol. The summed E-state index contributed by atoms with van der Waals surface area (Å²) in [6.07, 6.45) is 3.20. The SMILES string of the molecule is CCO/N=C(\C(=O)N[C@@H]1C(=O)N2C(C(=O)O)=C(OCc3ccncc3)CS[C@H]12)c1nsc(N)n1. The molecule has 2 amide bonds. The van der Waals surface area contributed by atoms with Crippen LogP contribution in [0.3, 0.4) is 0 Å². The number of anilines is 1. The van der Waals surface area contributed by atoms with Crippen LogP contribution in [0.2, 0.25) is 0 Å². The number of thioether (sulfide) groups is 1. The quantitative estimate of drug-likeness (QED) is 0.240. The van der Waals surface area contributed by atoms with Gasteiger partial charge in [0.05, 0.1) is 5.75 Å². The molecule has 4 heterocycles. The summed E-state index contributed by atoms with van der Waals surface area (Å²) in [5, 5.41) is 15.6. The molecule has 2 aromatic heterocycles. The number of ether oxygens (including phenoxy) is 1. The fraction of sp³-hybridized carbons (Fsp3) is 0.316. The number of carbonyl (C=O) groups excluding carboxylic acids is 2. The van der Waals surface area contributed by atoms with Gasteiger partial charge in [-0.05, 0) is 24.6 Å². The van der Waals surface area contributed by atoms with Gasteiger partial charge in [-0.25, -0.2) is 4.79 Å². The van der Waals surface area contributed by atoms with E-state index in [0.717, 1.165) is 22.0 Å². The van der Waals surface area contributed by atoms with Crippen molar-refractivity contribution >= 4 is 51.9 Å². The molecule has 1 fully saturated rings. The highest BCUT2D eigenvalue weighted by atomic mass is 32.2. The van der Waals surface area contributed by atoms with E-state index in [-0.39, 0.29) is 47.1 Å². The number of fused-ring (bicyclic) bond motifs is 1. The van der Waals surface area contributed by atoms with Crippen LogP contribution in [0, 0.1) is 0 Å². The number of carbonyl (C=O) groups is 3. The van der Waals surface area contributed by atoms with Crippen molar-refractivity contribution in [1.82, 2.24) is 24.6 Å². The third-order valence-electron chi connectivity index (χ3n) is 4.74. The van der Waals surface area contributed by atoms with Crippen LogP contribution in [0.4, 0.5) is 5.13 Å². The summed E-state index contributed by atoms with van der Waals surface area (Å²) in [6, 6.07) is 2.51. The smallest absolute Gasteiger partial charge is 0.356 e. The predicted molar refractivity (Wildman–Crippen MR) is 121 cm³/mol. The number of nitrogens with two attached hydrogens (primary N) is 1. The number of carboxylic acid groups (broad SMARTS) is 1. The predicted octanol–water partition coefficient (Wildman–Crippen LogP) is 0.169. The van der Waals surface area contributed by atoms with Gasteiger partial charge in [0.2, 0.25) is 11.5 Å². The summed E-state index contributed by atoms with van der Waals surface area (Å²) in [7, 11) is 0. The minimum Gasteiger partial charge on any atom is -0.490 e. The molecule has 0 unspecified atom stereocenters. The molecule has 0 radical (unpaired) electrons. The number of amides is 2. The molecular weight excluding hydrogens is 486 g/mol. The molecule has 0 spiro atoms. The summed E-state index contributed by atoms with van der Waals surface area (Å²) >= 11 is 2.15. The Hall–Kier alpha value is -3.72. The van der Waals surface area contributed by atoms with Crippen LogP contribution >= 0.6 is 23.3 Å². The van der Waals surface area contributed by atoms with Gasteiger partial charge in [-0.2, -0.15) is 9.36 Å². The van der Waals surface area contributed by atoms with Crippen molar-refractivity contribution in [1.29, 1.82) is 0 Å². The van der Waals surface area contributed by atoms with Crippen molar-refractivity contribution in [2.75, 3.05) is 18.1 Å². The van der Waals surface area contributed by atoms with Gasteiger partial charge >= 0.3 is 5.97 Å².